The molecule has 19 heavy (non-hydrogen) atoms. The molecule has 2 aromatic carbocycles. The molecule has 0 amide bonds. The summed E-state index contributed by atoms with van der Waals surface area (Å²) in [5, 5.41) is 0. The molecular weight excluding hydrogens is 248 g/mol. The summed E-state index contributed by atoms with van der Waals surface area (Å²) >= 11 is 0. The fourth-order valence-corrected chi connectivity index (χ4v) is 2.06. The van der Waals surface area contributed by atoms with Gasteiger partial charge in [0.25, 0.3) is 0 Å². The van der Waals surface area contributed by atoms with Gasteiger partial charge in [0.05, 0.1) is 12.7 Å². The molecule has 2 nitrogen and oxygen atoms in total. The Labute approximate surface area is 110 Å². The van der Waals surface area contributed by atoms with Crippen LogP contribution in [-0.4, -0.2) is 7.11 Å². The van der Waals surface area contributed by atoms with Gasteiger partial charge in [0, 0.05) is 18.7 Å². The number of hydrogen-bond acceptors (Lipinski definition) is 2. The number of hydrogen-bond donors (Lipinski definition) is 1. The molecule has 0 saturated heterocycles. The molecule has 0 bridgehead atoms. The molecule has 0 saturated carbocycles. The van der Waals surface area contributed by atoms with Crippen molar-refractivity contribution in [3.8, 4) is 16.9 Å². The van der Waals surface area contributed by atoms with Gasteiger partial charge in [-0.05, 0) is 23.6 Å². The van der Waals surface area contributed by atoms with E-state index in [1.807, 2.05) is 6.07 Å². The van der Waals surface area contributed by atoms with E-state index in [4.69, 9.17) is 10.5 Å². The Kier molecular flexibility index (Phi) is 3.81. The second-order valence-electron chi connectivity index (χ2n) is 4.32. The number of ether oxygens (including phenoxy) is 1. The Morgan fingerprint density at radius 1 is 1.11 bits per heavy atom. The maximum Gasteiger partial charge on any atom is 0.137 e. The number of aryl methyl sites for hydroxylation is 1. The van der Waals surface area contributed by atoms with Gasteiger partial charge in [-0.1, -0.05) is 18.2 Å². The molecular formula is C15H15F2NO. The van der Waals surface area contributed by atoms with Crippen LogP contribution in [0, 0.1) is 18.6 Å². The Morgan fingerprint density at radius 2 is 1.74 bits per heavy atom. The normalized spacial score (nSPS) is 10.6. The average Bonchev–Trinajstić information content (AvgIpc) is 2.39. The van der Waals surface area contributed by atoms with Crippen LogP contribution in [0.1, 0.15) is 11.1 Å². The quantitative estimate of drug-likeness (QED) is 0.921. The van der Waals surface area contributed by atoms with Crippen molar-refractivity contribution in [3.63, 3.8) is 0 Å². The topological polar surface area (TPSA) is 35.2 Å². The highest BCUT2D eigenvalue weighted by Gasteiger charge is 2.15. The Bertz CT molecular complexity index is 588. The highest BCUT2D eigenvalue weighted by molar-refractivity contribution is 5.69. The molecule has 0 radical (unpaired) electrons. The monoisotopic (exact) mass is 263 g/mol. The fraction of sp³-hybridized carbons (Fsp3) is 0.200. The van der Waals surface area contributed by atoms with Gasteiger partial charge in [-0.15, -0.1) is 0 Å². The number of benzene rings is 2. The molecule has 4 heteroatoms. The van der Waals surface area contributed by atoms with Crippen molar-refractivity contribution in [1.29, 1.82) is 0 Å². The summed E-state index contributed by atoms with van der Waals surface area (Å²) in [5.74, 6) is -1.11. The van der Waals surface area contributed by atoms with E-state index in [-0.39, 0.29) is 11.3 Å². The van der Waals surface area contributed by atoms with Crippen LogP contribution in [0.3, 0.4) is 0 Å². The summed E-state index contributed by atoms with van der Waals surface area (Å²) in [6.07, 6.45) is 0. The van der Waals surface area contributed by atoms with Gasteiger partial charge in [-0.2, -0.15) is 0 Å². The summed E-state index contributed by atoms with van der Waals surface area (Å²) in [6, 6.07) is 7.64. The van der Waals surface area contributed by atoms with Gasteiger partial charge in [0.2, 0.25) is 0 Å². The van der Waals surface area contributed by atoms with E-state index in [9.17, 15) is 8.78 Å². The van der Waals surface area contributed by atoms with Gasteiger partial charge in [0.15, 0.2) is 0 Å². The highest BCUT2D eigenvalue weighted by atomic mass is 19.1. The Balaban J connectivity index is 2.59. The maximum absolute atomic E-state index is 14.0. The Hall–Kier alpha value is -1.94. The third kappa shape index (κ3) is 2.58. The summed E-state index contributed by atoms with van der Waals surface area (Å²) in [4.78, 5) is 0. The lowest BCUT2D eigenvalue weighted by Crippen LogP contribution is -1.99. The van der Waals surface area contributed by atoms with Crippen molar-refractivity contribution < 1.29 is 13.5 Å². The van der Waals surface area contributed by atoms with Crippen LogP contribution in [0.15, 0.2) is 30.3 Å². The SMILES string of the molecule is COc1cc(F)c(-c2ccc(CN)cc2C)c(F)c1. The van der Waals surface area contributed by atoms with Crippen LogP contribution in [0.5, 0.6) is 5.75 Å². The molecule has 0 unspecified atom stereocenters. The minimum Gasteiger partial charge on any atom is -0.497 e. The lowest BCUT2D eigenvalue weighted by atomic mass is 9.97. The van der Waals surface area contributed by atoms with Crippen LogP contribution in [0.4, 0.5) is 8.78 Å². The van der Waals surface area contributed by atoms with Gasteiger partial charge >= 0.3 is 0 Å². The van der Waals surface area contributed by atoms with Crippen molar-refractivity contribution in [2.75, 3.05) is 7.11 Å². The molecule has 0 fully saturated rings. The van der Waals surface area contributed by atoms with Gasteiger partial charge < -0.3 is 10.5 Å². The van der Waals surface area contributed by atoms with Crippen molar-refractivity contribution in [1.82, 2.24) is 0 Å². The smallest absolute Gasteiger partial charge is 0.137 e. The molecule has 2 N–H and O–H groups in total. The molecule has 0 atom stereocenters. The van der Waals surface area contributed by atoms with Crippen molar-refractivity contribution in [3.05, 3.63) is 53.1 Å². The molecule has 0 aliphatic heterocycles. The van der Waals surface area contributed by atoms with Crippen LogP contribution < -0.4 is 10.5 Å². The standard InChI is InChI=1S/C15H15F2NO/c1-9-5-10(8-18)3-4-12(9)15-13(16)6-11(19-2)7-14(15)17/h3-7H,8,18H2,1-2H3. The Morgan fingerprint density at radius 3 is 2.21 bits per heavy atom. The molecule has 2 rings (SSSR count). The van der Waals surface area contributed by atoms with Crippen LogP contribution in [0.2, 0.25) is 0 Å². The predicted octanol–water partition coefficient (Wildman–Crippen LogP) is 3.41. The molecule has 0 heterocycles. The van der Waals surface area contributed by atoms with Gasteiger partial charge in [-0.3, -0.25) is 0 Å². The highest BCUT2D eigenvalue weighted by Crippen LogP contribution is 2.32. The third-order valence-corrected chi connectivity index (χ3v) is 3.05. The fourth-order valence-electron chi connectivity index (χ4n) is 2.06. The van der Waals surface area contributed by atoms with Crippen LogP contribution in [0.25, 0.3) is 11.1 Å². The lowest BCUT2D eigenvalue weighted by molar-refractivity contribution is 0.407. The number of halogens is 2. The zero-order valence-corrected chi connectivity index (χ0v) is 10.8. The summed E-state index contributed by atoms with van der Waals surface area (Å²) in [6.45, 7) is 2.20. The zero-order chi connectivity index (χ0) is 14.0. The molecule has 2 aromatic rings. The first-order chi connectivity index (χ1) is 9.06. The average molecular weight is 263 g/mol. The molecule has 0 aliphatic carbocycles. The zero-order valence-electron chi connectivity index (χ0n) is 10.8. The van der Waals surface area contributed by atoms with Gasteiger partial charge in [-0.25, -0.2) is 8.78 Å². The first-order valence-corrected chi connectivity index (χ1v) is 5.89. The van der Waals surface area contributed by atoms with Crippen molar-refractivity contribution >= 4 is 0 Å². The minimum absolute atomic E-state index is 0.0399. The molecule has 0 spiro atoms. The van der Waals surface area contributed by atoms with E-state index in [0.717, 1.165) is 11.1 Å². The first-order valence-electron chi connectivity index (χ1n) is 5.89. The number of methoxy groups -OCH3 is 1. The van der Waals surface area contributed by atoms with E-state index in [1.54, 1.807) is 19.1 Å². The summed E-state index contributed by atoms with van der Waals surface area (Å²) < 4.78 is 32.8. The van der Waals surface area contributed by atoms with E-state index in [0.29, 0.717) is 12.1 Å². The van der Waals surface area contributed by atoms with E-state index in [1.165, 1.54) is 19.2 Å². The second kappa shape index (κ2) is 5.36. The summed E-state index contributed by atoms with van der Waals surface area (Å²) in [5.41, 5.74) is 7.73. The van der Waals surface area contributed by atoms with E-state index >= 15 is 0 Å². The third-order valence-electron chi connectivity index (χ3n) is 3.05. The maximum atomic E-state index is 14.0. The molecule has 100 valence electrons. The first kappa shape index (κ1) is 13.5. The van der Waals surface area contributed by atoms with Crippen LogP contribution in [-0.2, 0) is 6.54 Å². The predicted molar refractivity (Wildman–Crippen MR) is 71.0 cm³/mol. The molecule has 0 aromatic heterocycles. The van der Waals surface area contributed by atoms with E-state index in [2.05, 4.69) is 0 Å². The van der Waals surface area contributed by atoms with Crippen molar-refractivity contribution in [2.24, 2.45) is 5.73 Å². The van der Waals surface area contributed by atoms with E-state index < -0.39 is 11.6 Å². The van der Waals surface area contributed by atoms with Crippen molar-refractivity contribution in [2.45, 2.75) is 13.5 Å². The largest absolute Gasteiger partial charge is 0.497 e. The van der Waals surface area contributed by atoms with Crippen LogP contribution >= 0.6 is 0 Å². The summed E-state index contributed by atoms with van der Waals surface area (Å²) in [7, 11) is 1.37. The van der Waals surface area contributed by atoms with Gasteiger partial charge in [0.1, 0.15) is 17.4 Å². The lowest BCUT2D eigenvalue weighted by Gasteiger charge is -2.11. The minimum atomic E-state index is -0.638. The second-order valence-corrected chi connectivity index (χ2v) is 4.32. The number of rotatable bonds is 3. The number of nitrogens with two attached hydrogens (primary N) is 1. The molecule has 0 aliphatic rings.